The van der Waals surface area contributed by atoms with Gasteiger partial charge in [-0.05, 0) is 50.1 Å². The van der Waals surface area contributed by atoms with Gasteiger partial charge in [0.05, 0.1) is 11.9 Å². The zero-order chi connectivity index (χ0) is 13.8. The van der Waals surface area contributed by atoms with E-state index in [1.807, 2.05) is 6.20 Å². The van der Waals surface area contributed by atoms with E-state index < -0.39 is 0 Å². The zero-order valence-corrected chi connectivity index (χ0v) is 12.3. The van der Waals surface area contributed by atoms with Crippen molar-refractivity contribution in [2.24, 2.45) is 0 Å². The molecular weight excluding hydrogens is 234 g/mol. The van der Waals surface area contributed by atoms with Crippen molar-refractivity contribution in [1.29, 1.82) is 0 Å². The molecule has 0 fully saturated rings. The molecule has 102 valence electrons. The van der Waals surface area contributed by atoms with Gasteiger partial charge in [-0.25, -0.2) is 4.68 Å². The van der Waals surface area contributed by atoms with Crippen LogP contribution in [0.3, 0.4) is 0 Å². The van der Waals surface area contributed by atoms with Crippen molar-refractivity contribution in [3.05, 3.63) is 46.8 Å². The summed E-state index contributed by atoms with van der Waals surface area (Å²) in [5, 5.41) is 7.94. The van der Waals surface area contributed by atoms with E-state index >= 15 is 0 Å². The Balaban J connectivity index is 2.41. The molecule has 0 aliphatic heterocycles. The van der Waals surface area contributed by atoms with Crippen molar-refractivity contribution in [3.8, 4) is 5.69 Å². The summed E-state index contributed by atoms with van der Waals surface area (Å²) in [6, 6.07) is 6.57. The minimum absolute atomic E-state index is 0.893. The van der Waals surface area contributed by atoms with Crippen LogP contribution in [0, 0.1) is 13.8 Å². The van der Waals surface area contributed by atoms with Gasteiger partial charge in [-0.15, -0.1) is 0 Å². The molecule has 1 N–H and O–H groups in total. The van der Waals surface area contributed by atoms with E-state index in [0.29, 0.717) is 0 Å². The van der Waals surface area contributed by atoms with Gasteiger partial charge in [0.1, 0.15) is 0 Å². The molecule has 1 heterocycles. The molecule has 0 saturated heterocycles. The average Bonchev–Trinajstić information content (AvgIpc) is 2.77. The van der Waals surface area contributed by atoms with Crippen molar-refractivity contribution in [2.45, 2.75) is 40.7 Å². The molecule has 2 rings (SSSR count). The second kappa shape index (κ2) is 6.02. The van der Waals surface area contributed by atoms with E-state index in [1.54, 1.807) is 0 Å². The van der Waals surface area contributed by atoms with Crippen LogP contribution >= 0.6 is 0 Å². The standard InChI is InChI=1S/C16H23N3/c1-5-16-14(10-17-6-2)11-18-19(16)15-8-12(3)7-13(4)9-15/h7-9,11,17H,5-6,10H2,1-4H3. The fourth-order valence-corrected chi connectivity index (χ4v) is 2.49. The largest absolute Gasteiger partial charge is 0.313 e. The summed E-state index contributed by atoms with van der Waals surface area (Å²) >= 11 is 0. The molecule has 0 saturated carbocycles. The third-order valence-electron chi connectivity index (χ3n) is 3.31. The van der Waals surface area contributed by atoms with E-state index in [2.05, 4.69) is 61.0 Å². The summed E-state index contributed by atoms with van der Waals surface area (Å²) in [6.45, 7) is 10.4. The van der Waals surface area contributed by atoms with Gasteiger partial charge >= 0.3 is 0 Å². The predicted octanol–water partition coefficient (Wildman–Crippen LogP) is 3.16. The topological polar surface area (TPSA) is 29.9 Å². The highest BCUT2D eigenvalue weighted by molar-refractivity contribution is 5.41. The quantitative estimate of drug-likeness (QED) is 0.891. The van der Waals surface area contributed by atoms with Gasteiger partial charge in [0.25, 0.3) is 0 Å². The molecular formula is C16H23N3. The molecule has 0 bridgehead atoms. The first-order chi connectivity index (χ1) is 9.15. The fourth-order valence-electron chi connectivity index (χ4n) is 2.49. The number of aryl methyl sites for hydroxylation is 2. The number of hydrogen-bond donors (Lipinski definition) is 1. The van der Waals surface area contributed by atoms with Crippen molar-refractivity contribution in [3.63, 3.8) is 0 Å². The van der Waals surface area contributed by atoms with Crippen LogP contribution in [-0.2, 0) is 13.0 Å². The summed E-state index contributed by atoms with van der Waals surface area (Å²) < 4.78 is 2.08. The van der Waals surface area contributed by atoms with E-state index in [9.17, 15) is 0 Å². The monoisotopic (exact) mass is 257 g/mol. The summed E-state index contributed by atoms with van der Waals surface area (Å²) in [5.74, 6) is 0. The highest BCUT2D eigenvalue weighted by Crippen LogP contribution is 2.18. The number of rotatable bonds is 5. The van der Waals surface area contributed by atoms with Crippen molar-refractivity contribution in [1.82, 2.24) is 15.1 Å². The van der Waals surface area contributed by atoms with Crippen molar-refractivity contribution >= 4 is 0 Å². The molecule has 0 radical (unpaired) electrons. The van der Waals surface area contributed by atoms with Crippen LogP contribution in [0.25, 0.3) is 5.69 Å². The number of nitrogens with one attached hydrogen (secondary N) is 1. The van der Waals surface area contributed by atoms with E-state index in [1.165, 1.54) is 22.4 Å². The third-order valence-corrected chi connectivity index (χ3v) is 3.31. The Morgan fingerprint density at radius 3 is 2.37 bits per heavy atom. The highest BCUT2D eigenvalue weighted by atomic mass is 15.3. The van der Waals surface area contributed by atoms with Gasteiger partial charge in [0.2, 0.25) is 0 Å². The first kappa shape index (κ1) is 13.8. The lowest BCUT2D eigenvalue weighted by molar-refractivity contribution is 0.716. The summed E-state index contributed by atoms with van der Waals surface area (Å²) in [4.78, 5) is 0. The van der Waals surface area contributed by atoms with Gasteiger partial charge in [0, 0.05) is 17.8 Å². The Morgan fingerprint density at radius 2 is 1.79 bits per heavy atom. The van der Waals surface area contributed by atoms with E-state index in [0.717, 1.165) is 25.2 Å². The maximum Gasteiger partial charge on any atom is 0.0654 e. The zero-order valence-electron chi connectivity index (χ0n) is 12.3. The Bertz CT molecular complexity index is 535. The lowest BCUT2D eigenvalue weighted by Crippen LogP contribution is -2.13. The maximum atomic E-state index is 4.57. The van der Waals surface area contributed by atoms with Crippen LogP contribution in [0.4, 0.5) is 0 Å². The van der Waals surface area contributed by atoms with Crippen LogP contribution in [0.1, 0.15) is 36.2 Å². The Kier molecular flexibility index (Phi) is 4.38. The van der Waals surface area contributed by atoms with Gasteiger partial charge in [-0.3, -0.25) is 0 Å². The SMILES string of the molecule is CCNCc1cnn(-c2cc(C)cc(C)c2)c1CC. The summed E-state index contributed by atoms with van der Waals surface area (Å²) in [5.41, 5.74) is 6.31. The van der Waals surface area contributed by atoms with Gasteiger partial charge < -0.3 is 5.32 Å². The fraction of sp³-hybridized carbons (Fsp3) is 0.438. The van der Waals surface area contributed by atoms with Crippen LogP contribution < -0.4 is 5.32 Å². The molecule has 19 heavy (non-hydrogen) atoms. The van der Waals surface area contributed by atoms with E-state index in [4.69, 9.17) is 0 Å². The third kappa shape index (κ3) is 3.04. The number of nitrogens with zero attached hydrogens (tertiary/aromatic N) is 2. The van der Waals surface area contributed by atoms with Crippen molar-refractivity contribution < 1.29 is 0 Å². The van der Waals surface area contributed by atoms with Crippen LogP contribution in [0.15, 0.2) is 24.4 Å². The molecule has 0 spiro atoms. The first-order valence-corrected chi connectivity index (χ1v) is 7.00. The average molecular weight is 257 g/mol. The number of aromatic nitrogens is 2. The lowest BCUT2D eigenvalue weighted by atomic mass is 10.1. The molecule has 0 aliphatic carbocycles. The minimum Gasteiger partial charge on any atom is -0.313 e. The second-order valence-electron chi connectivity index (χ2n) is 5.01. The molecule has 2 aromatic rings. The Hall–Kier alpha value is -1.61. The van der Waals surface area contributed by atoms with Gasteiger partial charge in [-0.1, -0.05) is 19.9 Å². The lowest BCUT2D eigenvalue weighted by Gasteiger charge is -2.10. The molecule has 0 unspecified atom stereocenters. The Morgan fingerprint density at radius 1 is 1.11 bits per heavy atom. The van der Waals surface area contributed by atoms with Gasteiger partial charge in [0.15, 0.2) is 0 Å². The van der Waals surface area contributed by atoms with E-state index in [-0.39, 0.29) is 0 Å². The normalized spacial score (nSPS) is 10.9. The molecule has 1 aromatic carbocycles. The number of benzene rings is 1. The molecule has 3 heteroatoms. The minimum atomic E-state index is 0.893. The van der Waals surface area contributed by atoms with Crippen LogP contribution in [0.2, 0.25) is 0 Å². The summed E-state index contributed by atoms with van der Waals surface area (Å²) in [7, 11) is 0. The molecule has 0 amide bonds. The highest BCUT2D eigenvalue weighted by Gasteiger charge is 2.10. The van der Waals surface area contributed by atoms with Gasteiger partial charge in [-0.2, -0.15) is 5.10 Å². The van der Waals surface area contributed by atoms with Crippen LogP contribution in [0.5, 0.6) is 0 Å². The summed E-state index contributed by atoms with van der Waals surface area (Å²) in [6.07, 6.45) is 2.98. The Labute approximate surface area is 115 Å². The molecule has 3 nitrogen and oxygen atoms in total. The second-order valence-corrected chi connectivity index (χ2v) is 5.01. The molecule has 0 atom stereocenters. The van der Waals surface area contributed by atoms with Crippen LogP contribution in [-0.4, -0.2) is 16.3 Å². The molecule has 1 aromatic heterocycles. The predicted molar refractivity (Wildman–Crippen MR) is 79.8 cm³/mol. The smallest absolute Gasteiger partial charge is 0.0654 e. The first-order valence-electron chi connectivity index (χ1n) is 7.00. The van der Waals surface area contributed by atoms with Crippen molar-refractivity contribution in [2.75, 3.05) is 6.54 Å². The maximum absolute atomic E-state index is 4.57. The molecule has 0 aliphatic rings. The number of hydrogen-bond acceptors (Lipinski definition) is 2.